The minimum atomic E-state index is 0.419. The van der Waals surface area contributed by atoms with Crippen molar-refractivity contribution in [2.45, 2.75) is 13.8 Å². The van der Waals surface area contributed by atoms with Gasteiger partial charge in [0.1, 0.15) is 0 Å². The zero-order valence-corrected chi connectivity index (χ0v) is 10.7. The second kappa shape index (κ2) is 3.99. The average Bonchev–Trinajstić information content (AvgIpc) is 2.98. The fourth-order valence-corrected chi connectivity index (χ4v) is 2.51. The standard InChI is InChI=1S/C12H11N3O2S/c1-6-3-4-16-9(6)11-14-12(17-15-11)8-5-7(2)18-10(8)13/h3-5H,13H2,1-2H3. The van der Waals surface area contributed by atoms with Gasteiger partial charge in [-0.1, -0.05) is 5.16 Å². The van der Waals surface area contributed by atoms with E-state index in [0.29, 0.717) is 22.5 Å². The summed E-state index contributed by atoms with van der Waals surface area (Å²) in [5.74, 6) is 1.48. The molecule has 92 valence electrons. The quantitative estimate of drug-likeness (QED) is 0.766. The molecule has 0 aliphatic rings. The minimum absolute atomic E-state index is 0.419. The number of hydrogen-bond acceptors (Lipinski definition) is 6. The first-order valence-corrected chi connectivity index (χ1v) is 6.21. The molecule has 0 radical (unpaired) electrons. The van der Waals surface area contributed by atoms with Gasteiger partial charge in [0.2, 0.25) is 5.82 Å². The molecule has 0 aromatic carbocycles. The van der Waals surface area contributed by atoms with Gasteiger partial charge in [-0.05, 0) is 31.5 Å². The molecule has 5 nitrogen and oxygen atoms in total. The molecule has 18 heavy (non-hydrogen) atoms. The van der Waals surface area contributed by atoms with E-state index in [-0.39, 0.29) is 0 Å². The van der Waals surface area contributed by atoms with Crippen LogP contribution in [0.1, 0.15) is 10.4 Å². The minimum Gasteiger partial charge on any atom is -0.461 e. The number of nitrogen functional groups attached to an aromatic ring is 1. The lowest BCUT2D eigenvalue weighted by Gasteiger charge is -1.89. The van der Waals surface area contributed by atoms with E-state index in [0.717, 1.165) is 16.0 Å². The molecule has 0 saturated heterocycles. The molecule has 6 heteroatoms. The molecule has 0 fully saturated rings. The zero-order valence-electron chi connectivity index (χ0n) is 9.93. The van der Waals surface area contributed by atoms with Crippen LogP contribution < -0.4 is 5.73 Å². The number of aromatic nitrogens is 2. The summed E-state index contributed by atoms with van der Waals surface area (Å²) in [5, 5.41) is 4.59. The number of anilines is 1. The monoisotopic (exact) mass is 261 g/mol. The van der Waals surface area contributed by atoms with Crippen LogP contribution in [0.5, 0.6) is 0 Å². The molecular formula is C12H11N3O2S. The summed E-state index contributed by atoms with van der Waals surface area (Å²) in [6.45, 7) is 3.91. The summed E-state index contributed by atoms with van der Waals surface area (Å²) < 4.78 is 10.6. The third kappa shape index (κ3) is 1.70. The van der Waals surface area contributed by atoms with Gasteiger partial charge >= 0.3 is 0 Å². The summed E-state index contributed by atoms with van der Waals surface area (Å²) in [5.41, 5.74) is 7.65. The molecule has 3 heterocycles. The maximum Gasteiger partial charge on any atom is 0.261 e. The van der Waals surface area contributed by atoms with Crippen molar-refractivity contribution in [3.05, 3.63) is 28.8 Å². The molecule has 2 N–H and O–H groups in total. The van der Waals surface area contributed by atoms with Gasteiger partial charge in [-0.25, -0.2) is 0 Å². The van der Waals surface area contributed by atoms with Crippen LogP contribution in [-0.2, 0) is 0 Å². The highest BCUT2D eigenvalue weighted by atomic mass is 32.1. The Kier molecular flexibility index (Phi) is 2.45. The van der Waals surface area contributed by atoms with Gasteiger partial charge in [-0.15, -0.1) is 11.3 Å². The van der Waals surface area contributed by atoms with Gasteiger partial charge in [-0.2, -0.15) is 4.98 Å². The Morgan fingerprint density at radius 3 is 2.78 bits per heavy atom. The normalized spacial score (nSPS) is 11.0. The van der Waals surface area contributed by atoms with Crippen LogP contribution in [-0.4, -0.2) is 10.1 Å². The highest BCUT2D eigenvalue weighted by molar-refractivity contribution is 7.16. The largest absolute Gasteiger partial charge is 0.461 e. The fraction of sp³-hybridized carbons (Fsp3) is 0.167. The fourth-order valence-electron chi connectivity index (χ4n) is 1.73. The maximum absolute atomic E-state index is 5.90. The number of thiophene rings is 1. The van der Waals surface area contributed by atoms with E-state index in [2.05, 4.69) is 10.1 Å². The first-order chi connectivity index (χ1) is 8.65. The summed E-state index contributed by atoms with van der Waals surface area (Å²) >= 11 is 1.50. The third-order valence-corrected chi connectivity index (χ3v) is 3.49. The Bertz CT molecular complexity index is 696. The van der Waals surface area contributed by atoms with Crippen molar-refractivity contribution >= 4 is 16.3 Å². The average molecular weight is 261 g/mol. The molecule has 0 amide bonds. The third-order valence-electron chi connectivity index (χ3n) is 2.61. The highest BCUT2D eigenvalue weighted by Crippen LogP contribution is 2.33. The van der Waals surface area contributed by atoms with Gasteiger partial charge in [0.05, 0.1) is 16.8 Å². The first-order valence-electron chi connectivity index (χ1n) is 5.39. The molecule has 0 bridgehead atoms. The van der Waals surface area contributed by atoms with Gasteiger partial charge < -0.3 is 14.7 Å². The van der Waals surface area contributed by atoms with E-state index in [4.69, 9.17) is 14.7 Å². The Morgan fingerprint density at radius 1 is 1.33 bits per heavy atom. The highest BCUT2D eigenvalue weighted by Gasteiger charge is 2.17. The van der Waals surface area contributed by atoms with Gasteiger partial charge in [0.15, 0.2) is 5.76 Å². The first kappa shape index (κ1) is 11.0. The molecule has 0 unspecified atom stereocenters. The molecule has 3 rings (SSSR count). The number of hydrogen-bond donors (Lipinski definition) is 1. The van der Waals surface area contributed by atoms with Crippen molar-refractivity contribution in [2.24, 2.45) is 0 Å². The second-order valence-corrected chi connectivity index (χ2v) is 5.28. The molecule has 3 aromatic heterocycles. The molecule has 3 aromatic rings. The van der Waals surface area contributed by atoms with Crippen LogP contribution >= 0.6 is 11.3 Å². The van der Waals surface area contributed by atoms with Crippen LogP contribution in [0.4, 0.5) is 5.00 Å². The van der Waals surface area contributed by atoms with Crippen LogP contribution in [0.25, 0.3) is 23.0 Å². The number of rotatable bonds is 2. The lowest BCUT2D eigenvalue weighted by molar-refractivity contribution is 0.429. The van der Waals surface area contributed by atoms with Crippen LogP contribution in [0, 0.1) is 13.8 Å². The van der Waals surface area contributed by atoms with E-state index in [1.54, 1.807) is 6.26 Å². The van der Waals surface area contributed by atoms with E-state index in [1.165, 1.54) is 11.3 Å². The lowest BCUT2D eigenvalue weighted by Crippen LogP contribution is -1.84. The molecular weight excluding hydrogens is 250 g/mol. The Labute approximate surface area is 107 Å². The van der Waals surface area contributed by atoms with E-state index < -0.39 is 0 Å². The van der Waals surface area contributed by atoms with Crippen molar-refractivity contribution < 1.29 is 8.94 Å². The van der Waals surface area contributed by atoms with Crippen LogP contribution in [0.3, 0.4) is 0 Å². The summed E-state index contributed by atoms with van der Waals surface area (Å²) in [7, 11) is 0. The lowest BCUT2D eigenvalue weighted by atomic mass is 10.2. The van der Waals surface area contributed by atoms with Crippen molar-refractivity contribution in [3.63, 3.8) is 0 Å². The van der Waals surface area contributed by atoms with Crippen molar-refractivity contribution in [1.29, 1.82) is 0 Å². The van der Waals surface area contributed by atoms with E-state index >= 15 is 0 Å². The maximum atomic E-state index is 5.90. The summed E-state index contributed by atoms with van der Waals surface area (Å²) in [6, 6.07) is 3.79. The molecule has 0 atom stereocenters. The number of furan rings is 1. The van der Waals surface area contributed by atoms with E-state index in [9.17, 15) is 0 Å². The van der Waals surface area contributed by atoms with Crippen molar-refractivity contribution in [2.75, 3.05) is 5.73 Å². The van der Waals surface area contributed by atoms with Crippen LogP contribution in [0.2, 0.25) is 0 Å². The molecule has 0 aliphatic heterocycles. The topological polar surface area (TPSA) is 78.1 Å². The molecule has 0 saturated carbocycles. The Balaban J connectivity index is 2.05. The number of nitrogens with zero attached hydrogens (tertiary/aromatic N) is 2. The Hall–Kier alpha value is -2.08. The number of aryl methyl sites for hydroxylation is 2. The van der Waals surface area contributed by atoms with Crippen LogP contribution in [0.15, 0.2) is 27.3 Å². The number of nitrogens with two attached hydrogens (primary N) is 1. The predicted octanol–water partition coefficient (Wildman–Crippen LogP) is 3.26. The smallest absolute Gasteiger partial charge is 0.261 e. The van der Waals surface area contributed by atoms with Crippen molar-refractivity contribution in [1.82, 2.24) is 10.1 Å². The second-order valence-electron chi connectivity index (χ2n) is 3.99. The predicted molar refractivity (Wildman–Crippen MR) is 69.2 cm³/mol. The van der Waals surface area contributed by atoms with Crippen molar-refractivity contribution in [3.8, 4) is 23.0 Å². The molecule has 0 spiro atoms. The molecule has 0 aliphatic carbocycles. The summed E-state index contributed by atoms with van der Waals surface area (Å²) in [4.78, 5) is 5.42. The zero-order chi connectivity index (χ0) is 12.7. The Morgan fingerprint density at radius 2 is 2.17 bits per heavy atom. The summed E-state index contributed by atoms with van der Waals surface area (Å²) in [6.07, 6.45) is 1.60. The SMILES string of the molecule is Cc1cc(-c2nc(-c3occc3C)no2)c(N)s1. The van der Waals surface area contributed by atoms with Gasteiger partial charge in [0, 0.05) is 4.88 Å². The van der Waals surface area contributed by atoms with Gasteiger partial charge in [0.25, 0.3) is 5.89 Å². The van der Waals surface area contributed by atoms with E-state index in [1.807, 2.05) is 26.0 Å². The van der Waals surface area contributed by atoms with Gasteiger partial charge in [-0.3, -0.25) is 0 Å².